The lowest BCUT2D eigenvalue weighted by Crippen LogP contribution is -2.34. The molecule has 0 atom stereocenters. The molecule has 1 aliphatic heterocycles. The monoisotopic (exact) mass is 433 g/mol. The van der Waals surface area contributed by atoms with Gasteiger partial charge in [0.05, 0.1) is 24.8 Å². The summed E-state index contributed by atoms with van der Waals surface area (Å²) in [5.74, 6) is 0.918. The fourth-order valence-corrected chi connectivity index (χ4v) is 4.22. The van der Waals surface area contributed by atoms with Crippen molar-refractivity contribution in [2.75, 3.05) is 30.5 Å². The number of ether oxygens (including phenoxy) is 2. The summed E-state index contributed by atoms with van der Waals surface area (Å²) in [5, 5.41) is 3.64. The van der Waals surface area contributed by atoms with Gasteiger partial charge in [0, 0.05) is 18.8 Å². The van der Waals surface area contributed by atoms with Crippen LogP contribution in [0.15, 0.2) is 60.8 Å². The Hall–Kier alpha value is -3.61. The predicted octanol–water partition coefficient (Wildman–Crippen LogP) is 4.51. The molecule has 1 fully saturated rings. The van der Waals surface area contributed by atoms with Crippen molar-refractivity contribution >= 4 is 17.5 Å². The van der Waals surface area contributed by atoms with Gasteiger partial charge in [0.2, 0.25) is 0 Å². The van der Waals surface area contributed by atoms with E-state index < -0.39 is 0 Å². The normalized spacial score (nSPS) is 16.0. The molecule has 6 nitrogen and oxygen atoms in total. The molecule has 7 heteroatoms. The van der Waals surface area contributed by atoms with Crippen molar-refractivity contribution < 1.29 is 18.7 Å². The van der Waals surface area contributed by atoms with Crippen LogP contribution in [0.3, 0.4) is 0 Å². The molecule has 2 aliphatic rings. The second kappa shape index (κ2) is 8.15. The van der Waals surface area contributed by atoms with Crippen molar-refractivity contribution in [2.45, 2.75) is 24.9 Å². The molecule has 32 heavy (non-hydrogen) atoms. The molecule has 2 aromatic carbocycles. The fourth-order valence-electron chi connectivity index (χ4n) is 4.22. The second-order valence-corrected chi connectivity index (χ2v) is 8.18. The average Bonchev–Trinajstić information content (AvgIpc) is 3.59. The number of carbonyl (C=O) groups excluding carboxylic acids is 1. The number of nitrogens with one attached hydrogen (secondary N) is 1. The van der Waals surface area contributed by atoms with Gasteiger partial charge in [-0.25, -0.2) is 14.2 Å². The largest absolute Gasteiger partial charge is 0.489 e. The zero-order valence-corrected chi connectivity index (χ0v) is 17.8. The molecule has 0 spiro atoms. The van der Waals surface area contributed by atoms with Crippen LogP contribution in [0, 0.1) is 5.82 Å². The molecule has 2 heterocycles. The minimum absolute atomic E-state index is 0.237. The third-order valence-corrected chi connectivity index (χ3v) is 6.05. The Morgan fingerprint density at radius 2 is 2.03 bits per heavy atom. The zero-order valence-electron chi connectivity index (χ0n) is 17.8. The van der Waals surface area contributed by atoms with E-state index in [-0.39, 0.29) is 17.3 Å². The van der Waals surface area contributed by atoms with Crippen LogP contribution in [0.5, 0.6) is 5.75 Å². The number of hydrogen-bond acceptors (Lipinski definition) is 6. The van der Waals surface area contributed by atoms with E-state index in [1.807, 2.05) is 24.3 Å². The molecular weight excluding hydrogens is 409 g/mol. The van der Waals surface area contributed by atoms with Crippen LogP contribution in [-0.4, -0.2) is 31.2 Å². The number of halogens is 1. The third-order valence-electron chi connectivity index (χ3n) is 6.05. The Bertz CT molecular complexity index is 1150. The summed E-state index contributed by atoms with van der Waals surface area (Å²) in [6.45, 7) is 1.81. The van der Waals surface area contributed by atoms with E-state index in [1.54, 1.807) is 30.5 Å². The van der Waals surface area contributed by atoms with Crippen LogP contribution in [0.4, 0.5) is 15.9 Å². The molecular formula is C25H24FN3O3. The van der Waals surface area contributed by atoms with E-state index >= 15 is 0 Å². The molecule has 0 amide bonds. The number of rotatable bonds is 6. The molecule has 0 radical (unpaired) electrons. The number of methoxy groups -OCH3 is 1. The van der Waals surface area contributed by atoms with Crippen LogP contribution in [0.1, 0.15) is 34.3 Å². The minimum Gasteiger partial charge on any atom is -0.489 e. The number of anilines is 2. The summed E-state index contributed by atoms with van der Waals surface area (Å²) in [4.78, 5) is 18.6. The van der Waals surface area contributed by atoms with Gasteiger partial charge in [0.25, 0.3) is 0 Å². The highest BCUT2D eigenvalue weighted by molar-refractivity contribution is 5.89. The van der Waals surface area contributed by atoms with E-state index in [2.05, 4.69) is 15.2 Å². The number of nitrogens with zero attached hydrogens (tertiary/aromatic N) is 2. The van der Waals surface area contributed by atoms with Crippen LogP contribution >= 0.6 is 0 Å². The Labute approximate surface area is 186 Å². The Kier molecular flexibility index (Phi) is 5.17. The van der Waals surface area contributed by atoms with Crippen molar-refractivity contribution in [1.82, 2.24) is 4.98 Å². The van der Waals surface area contributed by atoms with Crippen molar-refractivity contribution in [3.8, 4) is 5.75 Å². The predicted molar refractivity (Wildman–Crippen MR) is 119 cm³/mol. The van der Waals surface area contributed by atoms with E-state index in [4.69, 9.17) is 9.47 Å². The summed E-state index contributed by atoms with van der Waals surface area (Å²) in [5.41, 5.74) is 3.17. The molecule has 164 valence electrons. The first kappa shape index (κ1) is 20.3. The number of esters is 1. The molecule has 5 rings (SSSR count). The van der Waals surface area contributed by atoms with Gasteiger partial charge in [0.1, 0.15) is 23.9 Å². The highest BCUT2D eigenvalue weighted by Gasteiger charge is 2.45. The van der Waals surface area contributed by atoms with Gasteiger partial charge in [0.15, 0.2) is 5.82 Å². The number of fused-ring (bicyclic) bond motifs is 1. The summed E-state index contributed by atoms with van der Waals surface area (Å²) >= 11 is 0. The van der Waals surface area contributed by atoms with Crippen LogP contribution in [0.2, 0.25) is 0 Å². The standard InChI is InChI=1S/C25H24FN3O3/c1-31-24(30)18-5-7-19(8-6-18)25(10-11-25)28-23-22-21(9-12-27-23)32-14-13-29(22)16-17-3-2-4-20(26)15-17/h2-9,12,15H,10-11,13-14,16H2,1H3,(H,27,28). The zero-order chi connectivity index (χ0) is 22.1. The van der Waals surface area contributed by atoms with E-state index in [1.165, 1.54) is 13.2 Å². The maximum atomic E-state index is 13.7. The molecule has 1 N–H and O–H groups in total. The lowest BCUT2D eigenvalue weighted by molar-refractivity contribution is 0.0600. The van der Waals surface area contributed by atoms with Gasteiger partial charge < -0.3 is 19.7 Å². The van der Waals surface area contributed by atoms with Crippen molar-refractivity contribution in [3.63, 3.8) is 0 Å². The third kappa shape index (κ3) is 3.86. The summed E-state index contributed by atoms with van der Waals surface area (Å²) in [7, 11) is 1.38. The summed E-state index contributed by atoms with van der Waals surface area (Å²) < 4.78 is 24.4. The lowest BCUT2D eigenvalue weighted by Gasteiger charge is -2.33. The molecule has 1 saturated carbocycles. The quantitative estimate of drug-likeness (QED) is 0.577. The molecule has 0 unspecified atom stereocenters. The fraction of sp³-hybridized carbons (Fsp3) is 0.280. The SMILES string of the molecule is COC(=O)c1ccc(C2(Nc3nccc4c3N(Cc3cccc(F)c3)CCO4)CC2)cc1. The number of aromatic nitrogens is 1. The first-order valence-corrected chi connectivity index (χ1v) is 10.7. The van der Waals surface area contributed by atoms with Gasteiger partial charge >= 0.3 is 5.97 Å². The number of pyridine rings is 1. The Morgan fingerprint density at radius 3 is 2.75 bits per heavy atom. The topological polar surface area (TPSA) is 63.7 Å². The number of carbonyl (C=O) groups is 1. The smallest absolute Gasteiger partial charge is 0.337 e. The van der Waals surface area contributed by atoms with Crippen LogP contribution < -0.4 is 15.0 Å². The highest BCUT2D eigenvalue weighted by atomic mass is 19.1. The maximum absolute atomic E-state index is 13.7. The molecule has 1 aliphatic carbocycles. The summed E-state index contributed by atoms with van der Waals surface area (Å²) in [6, 6.07) is 16.0. The average molecular weight is 433 g/mol. The van der Waals surface area contributed by atoms with Gasteiger partial charge in [-0.15, -0.1) is 0 Å². The Morgan fingerprint density at radius 1 is 1.22 bits per heavy atom. The van der Waals surface area contributed by atoms with Gasteiger partial charge in [-0.1, -0.05) is 24.3 Å². The Balaban J connectivity index is 1.43. The van der Waals surface area contributed by atoms with E-state index in [0.29, 0.717) is 25.3 Å². The van der Waals surface area contributed by atoms with Crippen LogP contribution in [-0.2, 0) is 16.8 Å². The molecule has 0 saturated heterocycles. The first-order valence-electron chi connectivity index (χ1n) is 10.7. The van der Waals surface area contributed by atoms with Crippen molar-refractivity contribution in [3.05, 3.63) is 83.3 Å². The lowest BCUT2D eigenvalue weighted by atomic mass is 10.0. The molecule has 0 bridgehead atoms. The number of hydrogen-bond donors (Lipinski definition) is 1. The number of benzene rings is 2. The highest BCUT2D eigenvalue weighted by Crippen LogP contribution is 2.50. The van der Waals surface area contributed by atoms with E-state index in [0.717, 1.165) is 41.2 Å². The van der Waals surface area contributed by atoms with Gasteiger partial charge in [-0.3, -0.25) is 0 Å². The summed E-state index contributed by atoms with van der Waals surface area (Å²) in [6.07, 6.45) is 3.66. The molecule has 3 aromatic rings. The van der Waals surface area contributed by atoms with Gasteiger partial charge in [-0.2, -0.15) is 0 Å². The first-order chi connectivity index (χ1) is 15.6. The van der Waals surface area contributed by atoms with Crippen molar-refractivity contribution in [2.24, 2.45) is 0 Å². The minimum atomic E-state index is -0.349. The van der Waals surface area contributed by atoms with E-state index in [9.17, 15) is 9.18 Å². The van der Waals surface area contributed by atoms with Crippen LogP contribution in [0.25, 0.3) is 0 Å². The van der Waals surface area contributed by atoms with Gasteiger partial charge in [-0.05, 0) is 48.2 Å². The van der Waals surface area contributed by atoms with Crippen molar-refractivity contribution in [1.29, 1.82) is 0 Å². The second-order valence-electron chi connectivity index (χ2n) is 8.18. The maximum Gasteiger partial charge on any atom is 0.337 e. The molecule has 1 aromatic heterocycles.